The molecule has 1 rings (SSSR count). The first-order valence-electron chi connectivity index (χ1n) is 4.90. The molecule has 1 fully saturated rings. The van der Waals surface area contributed by atoms with Crippen LogP contribution in [0.15, 0.2) is 0 Å². The van der Waals surface area contributed by atoms with Crippen molar-refractivity contribution < 1.29 is 9.90 Å². The molecule has 0 bridgehead atoms. The smallest absolute Gasteiger partial charge is 0.304 e. The highest BCUT2D eigenvalue weighted by Crippen LogP contribution is 2.33. The topological polar surface area (TPSA) is 75.4 Å². The number of carboxylic acid groups (broad SMARTS) is 1. The van der Waals surface area contributed by atoms with Crippen molar-refractivity contribution in [3.05, 3.63) is 0 Å². The molecule has 1 aliphatic rings. The first-order chi connectivity index (χ1) is 6.58. The van der Waals surface area contributed by atoms with Crippen LogP contribution in [-0.4, -0.2) is 40.7 Å². The molecule has 0 amide bonds. The van der Waals surface area contributed by atoms with Gasteiger partial charge in [0.25, 0.3) is 0 Å². The summed E-state index contributed by atoms with van der Waals surface area (Å²) in [5.74, 6) is 0.134. The van der Waals surface area contributed by atoms with Gasteiger partial charge in [-0.1, -0.05) is 6.92 Å². The summed E-state index contributed by atoms with van der Waals surface area (Å²) in [6, 6.07) is 0.186. The van der Waals surface area contributed by atoms with Crippen LogP contribution in [0.4, 0.5) is 0 Å². The van der Waals surface area contributed by atoms with E-state index in [4.69, 9.17) is 10.8 Å². The summed E-state index contributed by atoms with van der Waals surface area (Å²) in [6.45, 7) is 3.63. The van der Waals surface area contributed by atoms with Gasteiger partial charge in [-0.25, -0.2) is 0 Å². The Morgan fingerprint density at radius 3 is 2.71 bits per heavy atom. The molecule has 0 spiro atoms. The molecule has 1 saturated heterocycles. The summed E-state index contributed by atoms with van der Waals surface area (Å²) in [5, 5.41) is 11.9. The van der Waals surface area contributed by atoms with Crippen molar-refractivity contribution in [2.45, 2.75) is 30.6 Å². The molecule has 1 heterocycles. The second-order valence-corrected chi connectivity index (χ2v) is 5.32. The van der Waals surface area contributed by atoms with Crippen LogP contribution in [-0.2, 0) is 4.79 Å². The Hall–Kier alpha value is -0.260. The lowest BCUT2D eigenvalue weighted by atomic mass is 9.98. The zero-order chi connectivity index (χ0) is 10.6. The number of thioether (sulfide) groups is 1. The minimum absolute atomic E-state index is 0.0986. The molecule has 0 radical (unpaired) electrons. The Balaban J connectivity index is 2.34. The van der Waals surface area contributed by atoms with Crippen molar-refractivity contribution in [1.29, 1.82) is 0 Å². The van der Waals surface area contributed by atoms with E-state index in [0.717, 1.165) is 25.3 Å². The van der Waals surface area contributed by atoms with Crippen molar-refractivity contribution in [1.82, 2.24) is 5.32 Å². The number of hydrogen-bond acceptors (Lipinski definition) is 4. The largest absolute Gasteiger partial charge is 0.481 e. The van der Waals surface area contributed by atoms with Crippen molar-refractivity contribution in [3.63, 3.8) is 0 Å². The number of nitrogens with two attached hydrogens (primary N) is 1. The molecule has 5 heteroatoms. The van der Waals surface area contributed by atoms with E-state index in [-0.39, 0.29) is 17.2 Å². The van der Waals surface area contributed by atoms with E-state index in [2.05, 4.69) is 5.32 Å². The van der Waals surface area contributed by atoms with E-state index < -0.39 is 5.97 Å². The average molecular weight is 218 g/mol. The van der Waals surface area contributed by atoms with Crippen LogP contribution in [0.5, 0.6) is 0 Å². The molecular weight excluding hydrogens is 200 g/mol. The highest BCUT2D eigenvalue weighted by Gasteiger charge is 2.39. The number of carboxylic acids is 1. The number of carbonyl (C=O) groups is 1. The van der Waals surface area contributed by atoms with Crippen molar-refractivity contribution >= 4 is 17.7 Å². The minimum Gasteiger partial charge on any atom is -0.481 e. The van der Waals surface area contributed by atoms with E-state index in [9.17, 15) is 4.79 Å². The van der Waals surface area contributed by atoms with Gasteiger partial charge >= 0.3 is 5.97 Å². The number of nitrogens with one attached hydrogen (secondary N) is 1. The van der Waals surface area contributed by atoms with Gasteiger partial charge in [0.05, 0.1) is 11.2 Å². The molecule has 1 atom stereocenters. The third-order valence-electron chi connectivity index (χ3n) is 2.50. The van der Waals surface area contributed by atoms with Crippen LogP contribution < -0.4 is 11.1 Å². The molecule has 0 aromatic heterocycles. The van der Waals surface area contributed by atoms with Crippen LogP contribution in [0.1, 0.15) is 19.8 Å². The molecule has 1 unspecified atom stereocenters. The first kappa shape index (κ1) is 11.8. The van der Waals surface area contributed by atoms with Crippen molar-refractivity contribution in [3.8, 4) is 0 Å². The molecule has 4 N–H and O–H groups in total. The summed E-state index contributed by atoms with van der Waals surface area (Å²) in [5.41, 5.74) is 5.80. The first-order valence-corrected chi connectivity index (χ1v) is 5.88. The van der Waals surface area contributed by atoms with Crippen molar-refractivity contribution in [2.24, 2.45) is 5.73 Å². The van der Waals surface area contributed by atoms with Crippen LogP contribution in [0.25, 0.3) is 0 Å². The summed E-state index contributed by atoms with van der Waals surface area (Å²) < 4.78 is -0.0986. The predicted octanol–water partition coefficient (Wildman–Crippen LogP) is 0.274. The minimum atomic E-state index is -0.718. The lowest BCUT2D eigenvalue weighted by Gasteiger charge is -2.41. The zero-order valence-electron chi connectivity index (χ0n) is 8.45. The Morgan fingerprint density at radius 2 is 2.36 bits per heavy atom. The van der Waals surface area contributed by atoms with E-state index in [1.54, 1.807) is 11.8 Å². The van der Waals surface area contributed by atoms with Crippen LogP contribution in [0.2, 0.25) is 0 Å². The Kier molecular flexibility index (Phi) is 4.22. The van der Waals surface area contributed by atoms with Crippen LogP contribution in [0.3, 0.4) is 0 Å². The Morgan fingerprint density at radius 1 is 1.71 bits per heavy atom. The van der Waals surface area contributed by atoms with Gasteiger partial charge in [0.15, 0.2) is 0 Å². The Bertz CT molecular complexity index is 207. The third kappa shape index (κ3) is 3.15. The van der Waals surface area contributed by atoms with Gasteiger partial charge in [0, 0.05) is 24.9 Å². The third-order valence-corrected chi connectivity index (χ3v) is 4.14. The summed E-state index contributed by atoms with van der Waals surface area (Å²) in [7, 11) is 0. The molecule has 82 valence electrons. The second kappa shape index (κ2) is 5.00. The number of aliphatic carboxylic acids is 1. The van der Waals surface area contributed by atoms with Gasteiger partial charge < -0.3 is 16.2 Å². The van der Waals surface area contributed by atoms with Crippen molar-refractivity contribution in [2.75, 3.05) is 18.8 Å². The molecule has 4 nitrogen and oxygen atoms in total. The predicted molar refractivity (Wildman–Crippen MR) is 58.6 cm³/mol. The molecule has 0 aromatic rings. The summed E-state index contributed by atoms with van der Waals surface area (Å²) >= 11 is 1.70. The monoisotopic (exact) mass is 218 g/mol. The summed E-state index contributed by atoms with van der Waals surface area (Å²) in [6.07, 6.45) is 1.19. The second-order valence-electron chi connectivity index (χ2n) is 3.84. The number of rotatable bonds is 6. The zero-order valence-corrected chi connectivity index (χ0v) is 9.27. The maximum Gasteiger partial charge on any atom is 0.304 e. The van der Waals surface area contributed by atoms with Gasteiger partial charge in [0.2, 0.25) is 0 Å². The normalized spacial score (nSPS) is 21.3. The van der Waals surface area contributed by atoms with E-state index >= 15 is 0 Å². The van der Waals surface area contributed by atoms with E-state index in [1.165, 1.54) is 0 Å². The highest BCUT2D eigenvalue weighted by atomic mass is 32.2. The fraction of sp³-hybridized carbons (Fsp3) is 0.889. The molecule has 14 heavy (non-hydrogen) atoms. The van der Waals surface area contributed by atoms with Gasteiger partial charge in [-0.05, 0) is 6.42 Å². The van der Waals surface area contributed by atoms with Gasteiger partial charge in [0.1, 0.15) is 0 Å². The fourth-order valence-corrected chi connectivity index (χ4v) is 2.80. The average Bonchev–Trinajstić information content (AvgIpc) is 2.08. The number of hydrogen-bond donors (Lipinski definition) is 3. The van der Waals surface area contributed by atoms with Gasteiger partial charge in [-0.3, -0.25) is 4.79 Å². The molecule has 0 saturated carbocycles. The molecular formula is C9H18N2O2S. The Labute approximate surface area is 88.6 Å². The summed E-state index contributed by atoms with van der Waals surface area (Å²) in [4.78, 5) is 10.6. The maximum atomic E-state index is 10.6. The highest BCUT2D eigenvalue weighted by molar-refractivity contribution is 8.00. The molecule has 0 aromatic carbocycles. The van der Waals surface area contributed by atoms with Crippen LogP contribution in [0, 0.1) is 0 Å². The maximum absolute atomic E-state index is 10.6. The lowest BCUT2D eigenvalue weighted by molar-refractivity contribution is -0.138. The van der Waals surface area contributed by atoms with Crippen LogP contribution >= 0.6 is 11.8 Å². The van der Waals surface area contributed by atoms with Gasteiger partial charge in [-0.2, -0.15) is 11.8 Å². The molecule has 1 aliphatic heterocycles. The standard InChI is InChI=1S/C9H18N2O2S/c1-2-7(10)4-14-9(3-8(12)13)5-11-6-9/h7,11H,2-6,10H2,1H3,(H,12,13). The van der Waals surface area contributed by atoms with E-state index in [1.807, 2.05) is 6.92 Å². The van der Waals surface area contributed by atoms with Gasteiger partial charge in [-0.15, -0.1) is 0 Å². The van der Waals surface area contributed by atoms with E-state index in [0.29, 0.717) is 0 Å². The fourth-order valence-electron chi connectivity index (χ4n) is 1.36. The lowest BCUT2D eigenvalue weighted by Crippen LogP contribution is -2.58. The SMILES string of the molecule is CCC(N)CSC1(CC(=O)O)CNC1. The molecule has 0 aliphatic carbocycles. The quantitative estimate of drug-likeness (QED) is 0.597.